The van der Waals surface area contributed by atoms with Crippen molar-refractivity contribution in [3.63, 3.8) is 0 Å². The zero-order valence-corrected chi connectivity index (χ0v) is 14.0. The number of hydrogen-bond acceptors (Lipinski definition) is 5. The second kappa shape index (κ2) is 7.40. The normalized spacial score (nSPS) is 20.8. The van der Waals surface area contributed by atoms with Gasteiger partial charge in [0.05, 0.1) is 42.0 Å². The molecule has 0 radical (unpaired) electrons. The lowest BCUT2D eigenvalue weighted by atomic mass is 9.93. The van der Waals surface area contributed by atoms with E-state index in [1.807, 2.05) is 0 Å². The molecule has 1 saturated carbocycles. The molecular weight excluding hydrogens is 351 g/mol. The molecule has 10 heteroatoms. The molecule has 0 atom stereocenters. The molecule has 1 fully saturated rings. The first-order chi connectivity index (χ1) is 12.3. The molecule has 0 bridgehead atoms. The minimum Gasteiger partial charge on any atom is -0.320 e. The van der Waals surface area contributed by atoms with Gasteiger partial charge in [0.15, 0.2) is 0 Å². The van der Waals surface area contributed by atoms with Crippen LogP contribution in [0, 0.1) is 6.92 Å². The Morgan fingerprint density at radius 3 is 2.58 bits per heavy atom. The molecule has 0 saturated heterocycles. The zero-order valence-electron chi connectivity index (χ0n) is 14.0. The highest BCUT2D eigenvalue weighted by Gasteiger charge is 2.36. The van der Waals surface area contributed by atoms with Crippen molar-refractivity contribution in [2.75, 3.05) is 5.32 Å². The number of carbonyl (C=O) groups excluding carboxylic acids is 1. The van der Waals surface area contributed by atoms with E-state index in [1.165, 1.54) is 18.6 Å². The Hall–Kier alpha value is -2.49. The van der Waals surface area contributed by atoms with Crippen LogP contribution < -0.4 is 5.32 Å². The van der Waals surface area contributed by atoms with Crippen molar-refractivity contribution in [2.45, 2.75) is 51.1 Å². The third-order valence-electron chi connectivity index (χ3n) is 4.42. The Balaban J connectivity index is 1.63. The van der Waals surface area contributed by atoms with Gasteiger partial charge in [-0.3, -0.25) is 14.2 Å². The lowest BCUT2D eigenvalue weighted by Gasteiger charge is -2.29. The summed E-state index contributed by atoms with van der Waals surface area (Å²) in [7, 11) is 0. The van der Waals surface area contributed by atoms with E-state index in [1.54, 1.807) is 17.7 Å². The van der Waals surface area contributed by atoms with E-state index in [9.17, 15) is 18.0 Å². The number of alkyl halides is 3. The van der Waals surface area contributed by atoms with Crippen molar-refractivity contribution in [3.8, 4) is 0 Å². The number of ether oxygens (including phenoxy) is 1. The minimum atomic E-state index is -4.60. The first-order valence-electron chi connectivity index (χ1n) is 8.20. The number of aromatic nitrogens is 4. The van der Waals surface area contributed by atoms with E-state index in [4.69, 9.17) is 0 Å². The van der Waals surface area contributed by atoms with Gasteiger partial charge in [0, 0.05) is 5.69 Å². The van der Waals surface area contributed by atoms with Gasteiger partial charge in [-0.1, -0.05) is 0 Å². The van der Waals surface area contributed by atoms with Crippen LogP contribution in [0.4, 0.5) is 18.9 Å². The van der Waals surface area contributed by atoms with E-state index in [0.717, 1.165) is 0 Å². The van der Waals surface area contributed by atoms with E-state index in [2.05, 4.69) is 25.3 Å². The van der Waals surface area contributed by atoms with Gasteiger partial charge in [-0.05, 0) is 38.7 Å². The van der Waals surface area contributed by atoms with Gasteiger partial charge in [0.25, 0.3) is 5.91 Å². The van der Waals surface area contributed by atoms with Gasteiger partial charge in [-0.25, -0.2) is 0 Å². The highest BCUT2D eigenvalue weighted by molar-refractivity contribution is 6.04. The molecule has 1 aliphatic rings. The number of amides is 1. The first-order valence-corrected chi connectivity index (χ1v) is 8.20. The SMILES string of the molecule is Cc1c(C(=O)Nc2ccnnc2)cnn1C1CCC(OC(F)(F)F)CC1. The van der Waals surface area contributed by atoms with Crippen molar-refractivity contribution >= 4 is 11.6 Å². The van der Waals surface area contributed by atoms with Gasteiger partial charge >= 0.3 is 6.36 Å². The number of nitrogens with zero attached hydrogens (tertiary/aromatic N) is 4. The van der Waals surface area contributed by atoms with Crippen LogP contribution in [-0.2, 0) is 4.74 Å². The number of nitrogens with one attached hydrogen (secondary N) is 1. The molecule has 140 valence electrons. The fourth-order valence-electron chi connectivity index (χ4n) is 3.17. The monoisotopic (exact) mass is 369 g/mol. The molecule has 3 rings (SSSR count). The van der Waals surface area contributed by atoms with Gasteiger partial charge < -0.3 is 5.32 Å². The van der Waals surface area contributed by atoms with Crippen LogP contribution in [0.1, 0.15) is 47.8 Å². The Labute approximate surface area is 147 Å². The Bertz CT molecular complexity index is 755. The summed E-state index contributed by atoms with van der Waals surface area (Å²) in [5.41, 5.74) is 1.60. The summed E-state index contributed by atoms with van der Waals surface area (Å²) in [5.74, 6) is -0.323. The number of anilines is 1. The second-order valence-electron chi connectivity index (χ2n) is 6.17. The number of carbonyl (C=O) groups is 1. The van der Waals surface area contributed by atoms with Gasteiger partial charge in [-0.15, -0.1) is 13.2 Å². The average Bonchev–Trinajstić information content (AvgIpc) is 2.97. The molecule has 1 N–H and O–H groups in total. The van der Waals surface area contributed by atoms with Crippen LogP contribution in [0.5, 0.6) is 0 Å². The summed E-state index contributed by atoms with van der Waals surface area (Å²) in [6.45, 7) is 1.77. The molecule has 1 aliphatic carbocycles. The maximum absolute atomic E-state index is 12.4. The van der Waals surface area contributed by atoms with Crippen molar-refractivity contribution < 1.29 is 22.7 Å². The van der Waals surface area contributed by atoms with E-state index >= 15 is 0 Å². The van der Waals surface area contributed by atoms with Gasteiger partial charge in [0.1, 0.15) is 0 Å². The number of rotatable bonds is 4. The molecule has 7 nitrogen and oxygen atoms in total. The van der Waals surface area contributed by atoms with Gasteiger partial charge in [-0.2, -0.15) is 15.3 Å². The highest BCUT2D eigenvalue weighted by Crippen LogP contribution is 2.34. The summed E-state index contributed by atoms with van der Waals surface area (Å²) in [6.07, 6.45) is 0.569. The molecule has 1 amide bonds. The summed E-state index contributed by atoms with van der Waals surface area (Å²) >= 11 is 0. The van der Waals surface area contributed by atoms with Crippen molar-refractivity contribution in [1.29, 1.82) is 0 Å². The summed E-state index contributed by atoms with van der Waals surface area (Å²) < 4.78 is 42.7. The van der Waals surface area contributed by atoms with Crippen LogP contribution >= 0.6 is 0 Å². The predicted octanol–water partition coefficient (Wildman–Crippen LogP) is 3.25. The highest BCUT2D eigenvalue weighted by atomic mass is 19.4. The molecule has 26 heavy (non-hydrogen) atoms. The fraction of sp³-hybridized carbons (Fsp3) is 0.500. The lowest BCUT2D eigenvalue weighted by molar-refractivity contribution is -0.345. The maximum Gasteiger partial charge on any atom is 0.522 e. The largest absolute Gasteiger partial charge is 0.522 e. The lowest BCUT2D eigenvalue weighted by Crippen LogP contribution is -2.29. The summed E-state index contributed by atoms with van der Waals surface area (Å²) in [6, 6.07) is 1.57. The summed E-state index contributed by atoms with van der Waals surface area (Å²) in [4.78, 5) is 12.4. The first kappa shape index (κ1) is 18.3. The molecule has 0 aliphatic heterocycles. The molecule has 0 aromatic carbocycles. The summed E-state index contributed by atoms with van der Waals surface area (Å²) in [5, 5.41) is 14.3. The molecule has 0 unspecified atom stereocenters. The number of hydrogen-bond donors (Lipinski definition) is 1. The van der Waals surface area contributed by atoms with Crippen LogP contribution in [0.3, 0.4) is 0 Å². The molecule has 2 aromatic rings. The maximum atomic E-state index is 12.4. The fourth-order valence-corrected chi connectivity index (χ4v) is 3.17. The molecular formula is C16H18F3N5O2. The number of halogens is 3. The van der Waals surface area contributed by atoms with E-state index in [-0.39, 0.29) is 11.9 Å². The van der Waals surface area contributed by atoms with Crippen molar-refractivity contribution in [3.05, 3.63) is 35.9 Å². The van der Waals surface area contributed by atoms with Crippen LogP contribution in [-0.4, -0.2) is 38.4 Å². The van der Waals surface area contributed by atoms with E-state index in [0.29, 0.717) is 42.6 Å². The Morgan fingerprint density at radius 1 is 1.23 bits per heavy atom. The van der Waals surface area contributed by atoms with Crippen LogP contribution in [0.15, 0.2) is 24.7 Å². The predicted molar refractivity (Wildman–Crippen MR) is 85.4 cm³/mol. The molecule has 2 aromatic heterocycles. The Morgan fingerprint density at radius 2 is 1.96 bits per heavy atom. The standard InChI is InChI=1S/C16H18F3N5O2/c1-10-14(15(25)23-11-6-7-20-21-8-11)9-22-24(10)12-2-4-13(5-3-12)26-16(17,18)19/h6-9,12-13H,2-5H2,1H3,(H,20,23,25). The van der Waals surface area contributed by atoms with Gasteiger partial charge in [0.2, 0.25) is 0 Å². The van der Waals surface area contributed by atoms with Crippen LogP contribution in [0.2, 0.25) is 0 Å². The topological polar surface area (TPSA) is 81.9 Å². The third-order valence-corrected chi connectivity index (χ3v) is 4.42. The van der Waals surface area contributed by atoms with Crippen molar-refractivity contribution in [1.82, 2.24) is 20.0 Å². The van der Waals surface area contributed by atoms with Crippen molar-refractivity contribution in [2.24, 2.45) is 0 Å². The quantitative estimate of drug-likeness (QED) is 0.895. The minimum absolute atomic E-state index is 0.0489. The molecule has 2 heterocycles. The van der Waals surface area contributed by atoms with E-state index < -0.39 is 12.5 Å². The molecule has 0 spiro atoms. The zero-order chi connectivity index (χ0) is 18.7. The Kier molecular flexibility index (Phi) is 5.21. The third kappa shape index (κ3) is 4.37. The smallest absolute Gasteiger partial charge is 0.320 e. The van der Waals surface area contributed by atoms with Crippen LogP contribution in [0.25, 0.3) is 0 Å². The average molecular weight is 369 g/mol. The second-order valence-corrected chi connectivity index (χ2v) is 6.17.